The minimum atomic E-state index is -4.94. The normalized spacial score (nSPS) is 15.6. The molecular formula is C15H17F3N2O2. The molecule has 2 N–H and O–H groups in total. The lowest BCUT2D eigenvalue weighted by atomic mass is 10.0. The molecule has 4 nitrogen and oxygen atoms in total. The molecule has 1 aliphatic rings. The van der Waals surface area contributed by atoms with E-state index in [1.165, 1.54) is 18.2 Å². The Balaban J connectivity index is 1.93. The highest BCUT2D eigenvalue weighted by atomic mass is 19.4. The molecule has 120 valence electrons. The molecule has 7 heteroatoms. The van der Waals surface area contributed by atoms with E-state index in [4.69, 9.17) is 0 Å². The third-order valence-corrected chi connectivity index (χ3v) is 3.61. The number of benzene rings is 1. The summed E-state index contributed by atoms with van der Waals surface area (Å²) in [5.74, 6) is -1.82. The number of halogens is 3. The summed E-state index contributed by atoms with van der Waals surface area (Å²) in [4.78, 5) is 22.8. The first kappa shape index (κ1) is 16.3. The quantitative estimate of drug-likeness (QED) is 0.890. The monoisotopic (exact) mass is 314 g/mol. The second-order valence-corrected chi connectivity index (χ2v) is 5.44. The first-order chi connectivity index (χ1) is 10.3. The maximum atomic E-state index is 12.2. The van der Waals surface area contributed by atoms with Crippen molar-refractivity contribution in [3.05, 3.63) is 24.3 Å². The smallest absolute Gasteiger partial charge is 0.326 e. The van der Waals surface area contributed by atoms with Crippen molar-refractivity contribution in [1.29, 1.82) is 0 Å². The predicted octanol–water partition coefficient (Wildman–Crippen LogP) is 3.71. The summed E-state index contributed by atoms with van der Waals surface area (Å²) in [6.07, 6.45) is -0.182. The van der Waals surface area contributed by atoms with E-state index in [0.717, 1.165) is 25.7 Å². The summed E-state index contributed by atoms with van der Waals surface area (Å²) in [6.45, 7) is 0. The van der Waals surface area contributed by atoms with Gasteiger partial charge in [-0.3, -0.25) is 9.59 Å². The number of carbonyl (C=O) groups excluding carboxylic acids is 2. The van der Waals surface area contributed by atoms with Crippen LogP contribution in [0, 0.1) is 5.92 Å². The molecule has 1 aromatic rings. The van der Waals surface area contributed by atoms with Crippen LogP contribution in [0.2, 0.25) is 0 Å². The second-order valence-electron chi connectivity index (χ2n) is 5.44. The van der Waals surface area contributed by atoms with Gasteiger partial charge in [0, 0.05) is 17.8 Å². The van der Waals surface area contributed by atoms with Gasteiger partial charge in [0.1, 0.15) is 0 Å². The molecule has 1 aliphatic carbocycles. The van der Waals surface area contributed by atoms with E-state index in [2.05, 4.69) is 5.32 Å². The van der Waals surface area contributed by atoms with E-state index in [9.17, 15) is 22.8 Å². The Labute approximate surface area is 126 Å². The van der Waals surface area contributed by atoms with Crippen molar-refractivity contribution in [1.82, 2.24) is 0 Å². The van der Waals surface area contributed by atoms with Crippen molar-refractivity contribution < 1.29 is 22.8 Å². The van der Waals surface area contributed by atoms with Crippen molar-refractivity contribution in [2.24, 2.45) is 5.92 Å². The van der Waals surface area contributed by atoms with Crippen LogP contribution in [0.3, 0.4) is 0 Å². The molecule has 0 saturated heterocycles. The SMILES string of the molecule is O=C(CC1CCCC1)Nc1cccc(NC(=O)C(F)(F)F)c1. The molecule has 0 bridgehead atoms. The molecule has 0 aromatic heterocycles. The lowest BCUT2D eigenvalue weighted by molar-refractivity contribution is -0.167. The van der Waals surface area contributed by atoms with Gasteiger partial charge in [0.25, 0.3) is 0 Å². The molecule has 1 aromatic carbocycles. The summed E-state index contributed by atoms with van der Waals surface area (Å²) in [7, 11) is 0. The molecule has 2 amide bonds. The molecule has 0 heterocycles. The second kappa shape index (κ2) is 6.81. The van der Waals surface area contributed by atoms with Gasteiger partial charge >= 0.3 is 12.1 Å². The average Bonchev–Trinajstić information content (AvgIpc) is 2.90. The standard InChI is InChI=1S/C15H17F3N2O2/c16-15(17,18)14(22)20-12-7-3-6-11(9-12)19-13(21)8-10-4-1-2-5-10/h3,6-7,9-10H,1-2,4-5,8H2,(H,19,21)(H,20,22). The number of carbonyl (C=O) groups is 2. The fraction of sp³-hybridized carbons (Fsp3) is 0.467. The van der Waals surface area contributed by atoms with Gasteiger partial charge in [0.15, 0.2) is 0 Å². The summed E-state index contributed by atoms with van der Waals surface area (Å²) in [5.41, 5.74) is 0.351. The Morgan fingerprint density at radius 3 is 2.27 bits per heavy atom. The van der Waals surface area contributed by atoms with Crippen LogP contribution in [0.15, 0.2) is 24.3 Å². The maximum Gasteiger partial charge on any atom is 0.471 e. The van der Waals surface area contributed by atoms with Gasteiger partial charge < -0.3 is 10.6 Å². The van der Waals surface area contributed by atoms with Crippen molar-refractivity contribution in [2.45, 2.75) is 38.3 Å². The number of nitrogens with one attached hydrogen (secondary N) is 2. The van der Waals surface area contributed by atoms with Gasteiger partial charge in [-0.1, -0.05) is 18.9 Å². The number of alkyl halides is 3. The van der Waals surface area contributed by atoms with Gasteiger partial charge in [0.2, 0.25) is 5.91 Å². The van der Waals surface area contributed by atoms with Crippen molar-refractivity contribution >= 4 is 23.2 Å². The number of anilines is 2. The number of amides is 2. The fourth-order valence-electron chi connectivity index (χ4n) is 2.57. The topological polar surface area (TPSA) is 58.2 Å². The van der Waals surface area contributed by atoms with E-state index in [1.807, 2.05) is 0 Å². The molecule has 0 aliphatic heterocycles. The van der Waals surface area contributed by atoms with Gasteiger partial charge in [-0.2, -0.15) is 13.2 Å². The lowest BCUT2D eigenvalue weighted by Crippen LogP contribution is -2.29. The maximum absolute atomic E-state index is 12.2. The lowest BCUT2D eigenvalue weighted by Gasteiger charge is -2.12. The summed E-state index contributed by atoms with van der Waals surface area (Å²) in [6, 6.07) is 5.67. The van der Waals surface area contributed by atoms with Gasteiger partial charge in [0.05, 0.1) is 0 Å². The number of hydrogen-bond donors (Lipinski definition) is 2. The molecule has 0 atom stereocenters. The zero-order chi connectivity index (χ0) is 16.2. The van der Waals surface area contributed by atoms with Crippen LogP contribution < -0.4 is 10.6 Å². The number of hydrogen-bond acceptors (Lipinski definition) is 2. The zero-order valence-corrected chi connectivity index (χ0v) is 11.9. The highest BCUT2D eigenvalue weighted by molar-refractivity contribution is 5.96. The first-order valence-electron chi connectivity index (χ1n) is 7.12. The molecule has 0 radical (unpaired) electrons. The van der Waals surface area contributed by atoms with Crippen molar-refractivity contribution in [2.75, 3.05) is 10.6 Å². The van der Waals surface area contributed by atoms with Crippen LogP contribution in [-0.4, -0.2) is 18.0 Å². The van der Waals surface area contributed by atoms with Crippen LogP contribution in [-0.2, 0) is 9.59 Å². The van der Waals surface area contributed by atoms with Crippen LogP contribution in [0.25, 0.3) is 0 Å². The minimum absolute atomic E-state index is 0.0130. The van der Waals surface area contributed by atoms with Crippen molar-refractivity contribution in [3.63, 3.8) is 0 Å². The van der Waals surface area contributed by atoms with Crippen LogP contribution in [0.4, 0.5) is 24.5 Å². The average molecular weight is 314 g/mol. The van der Waals surface area contributed by atoms with Crippen LogP contribution in [0.5, 0.6) is 0 Å². The first-order valence-corrected chi connectivity index (χ1v) is 7.12. The van der Waals surface area contributed by atoms with E-state index < -0.39 is 12.1 Å². The third kappa shape index (κ3) is 4.75. The Bertz CT molecular complexity index is 552. The summed E-state index contributed by atoms with van der Waals surface area (Å²) < 4.78 is 36.6. The van der Waals surface area contributed by atoms with E-state index in [0.29, 0.717) is 18.0 Å². The molecule has 1 saturated carbocycles. The Hall–Kier alpha value is -2.05. The third-order valence-electron chi connectivity index (χ3n) is 3.61. The molecule has 2 rings (SSSR count). The Morgan fingerprint density at radius 1 is 1.09 bits per heavy atom. The van der Waals surface area contributed by atoms with Gasteiger partial charge in [-0.15, -0.1) is 0 Å². The summed E-state index contributed by atoms with van der Waals surface area (Å²) >= 11 is 0. The van der Waals surface area contributed by atoms with Crippen LogP contribution >= 0.6 is 0 Å². The van der Waals surface area contributed by atoms with E-state index >= 15 is 0 Å². The zero-order valence-electron chi connectivity index (χ0n) is 11.9. The largest absolute Gasteiger partial charge is 0.471 e. The molecule has 1 fully saturated rings. The van der Waals surface area contributed by atoms with E-state index in [-0.39, 0.29) is 11.6 Å². The highest BCUT2D eigenvalue weighted by Gasteiger charge is 2.38. The minimum Gasteiger partial charge on any atom is -0.326 e. The van der Waals surface area contributed by atoms with E-state index in [1.54, 1.807) is 11.4 Å². The van der Waals surface area contributed by atoms with Gasteiger partial charge in [-0.05, 0) is 37.0 Å². The van der Waals surface area contributed by atoms with Crippen LogP contribution in [0.1, 0.15) is 32.1 Å². The molecular weight excluding hydrogens is 297 g/mol. The fourth-order valence-corrected chi connectivity index (χ4v) is 2.57. The summed E-state index contributed by atoms with van der Waals surface area (Å²) in [5, 5.41) is 4.40. The number of rotatable bonds is 4. The molecule has 0 spiro atoms. The predicted molar refractivity (Wildman–Crippen MR) is 76.3 cm³/mol. The Kier molecular flexibility index (Phi) is 5.05. The molecule has 22 heavy (non-hydrogen) atoms. The van der Waals surface area contributed by atoms with Crippen molar-refractivity contribution in [3.8, 4) is 0 Å². The van der Waals surface area contributed by atoms with Gasteiger partial charge in [-0.25, -0.2) is 0 Å². The molecule has 0 unspecified atom stereocenters. The highest BCUT2D eigenvalue weighted by Crippen LogP contribution is 2.28. The Morgan fingerprint density at radius 2 is 1.68 bits per heavy atom.